The second-order valence-corrected chi connectivity index (χ2v) is 4.08. The molecule has 0 spiro atoms. The molecule has 0 atom stereocenters. The number of nitrogens with zero attached hydrogens (tertiary/aromatic N) is 1. The molecule has 0 bridgehead atoms. The Morgan fingerprint density at radius 2 is 2.36 bits per heavy atom. The monoisotopic (exact) mass is 199 g/mol. The molecule has 0 aromatic carbocycles. The molecular formula is C9H17N3O2. The Morgan fingerprint density at radius 3 is 2.86 bits per heavy atom. The maximum absolute atomic E-state index is 11.2. The van der Waals surface area contributed by atoms with E-state index in [0.29, 0.717) is 0 Å². The number of rotatable bonds is 5. The van der Waals surface area contributed by atoms with Crippen molar-refractivity contribution in [3.8, 4) is 0 Å². The van der Waals surface area contributed by atoms with E-state index in [-0.39, 0.29) is 18.2 Å². The first kappa shape index (κ1) is 9.73. The summed E-state index contributed by atoms with van der Waals surface area (Å²) in [5, 5.41) is 15.1. The van der Waals surface area contributed by atoms with Crippen LogP contribution in [0.2, 0.25) is 0 Å². The van der Waals surface area contributed by atoms with Crippen molar-refractivity contribution >= 4 is 6.03 Å². The van der Waals surface area contributed by atoms with Crippen molar-refractivity contribution in [1.29, 1.82) is 0 Å². The number of aliphatic hydroxyl groups is 1. The van der Waals surface area contributed by atoms with Crippen LogP contribution in [0.5, 0.6) is 0 Å². The van der Waals surface area contributed by atoms with Crippen LogP contribution in [0.15, 0.2) is 0 Å². The molecule has 1 saturated heterocycles. The molecule has 0 aromatic heterocycles. The largest absolute Gasteiger partial charge is 0.394 e. The van der Waals surface area contributed by atoms with Gasteiger partial charge in [-0.2, -0.15) is 0 Å². The summed E-state index contributed by atoms with van der Waals surface area (Å²) in [5.41, 5.74) is -0.0177. The van der Waals surface area contributed by atoms with Crippen LogP contribution in [0.1, 0.15) is 12.8 Å². The number of amides is 2. The van der Waals surface area contributed by atoms with Crippen molar-refractivity contribution < 1.29 is 9.90 Å². The van der Waals surface area contributed by atoms with E-state index in [1.54, 1.807) is 4.90 Å². The van der Waals surface area contributed by atoms with Gasteiger partial charge in [-0.05, 0) is 12.8 Å². The Labute approximate surface area is 83.5 Å². The summed E-state index contributed by atoms with van der Waals surface area (Å²) in [6.45, 7) is 3.26. The fraction of sp³-hybridized carbons (Fsp3) is 0.889. The second-order valence-electron chi connectivity index (χ2n) is 4.08. The molecule has 5 heteroatoms. The molecule has 2 rings (SSSR count). The average Bonchev–Trinajstić information content (AvgIpc) is 2.86. The van der Waals surface area contributed by atoms with Gasteiger partial charge in [0, 0.05) is 31.7 Å². The van der Waals surface area contributed by atoms with Crippen molar-refractivity contribution in [2.24, 2.45) is 0 Å². The highest BCUT2D eigenvalue weighted by molar-refractivity contribution is 5.76. The van der Waals surface area contributed by atoms with Gasteiger partial charge in [0.05, 0.1) is 6.61 Å². The van der Waals surface area contributed by atoms with Crippen LogP contribution >= 0.6 is 0 Å². The van der Waals surface area contributed by atoms with Gasteiger partial charge in [0.15, 0.2) is 0 Å². The first-order valence-corrected chi connectivity index (χ1v) is 5.14. The Balaban J connectivity index is 1.65. The van der Waals surface area contributed by atoms with Gasteiger partial charge in [-0.1, -0.05) is 0 Å². The number of aliphatic hydroxyl groups excluding tert-OH is 1. The topological polar surface area (TPSA) is 64.6 Å². The number of hydrogen-bond donors (Lipinski definition) is 3. The number of carbonyl (C=O) groups excluding carboxylic acids is 1. The molecule has 2 aliphatic rings. The molecule has 5 nitrogen and oxygen atoms in total. The third-order valence-corrected chi connectivity index (χ3v) is 2.98. The molecule has 1 aliphatic carbocycles. The molecule has 0 aromatic rings. The van der Waals surface area contributed by atoms with Crippen LogP contribution in [0.4, 0.5) is 4.79 Å². The van der Waals surface area contributed by atoms with E-state index >= 15 is 0 Å². The fourth-order valence-corrected chi connectivity index (χ4v) is 1.72. The Kier molecular flexibility index (Phi) is 2.60. The molecule has 3 N–H and O–H groups in total. The Bertz CT molecular complexity index is 228. The van der Waals surface area contributed by atoms with Gasteiger partial charge in [-0.15, -0.1) is 0 Å². The van der Waals surface area contributed by atoms with Crippen LogP contribution in [-0.4, -0.2) is 54.4 Å². The van der Waals surface area contributed by atoms with E-state index in [1.165, 1.54) is 0 Å². The van der Waals surface area contributed by atoms with E-state index in [9.17, 15) is 4.79 Å². The first-order valence-electron chi connectivity index (χ1n) is 5.14. The van der Waals surface area contributed by atoms with Gasteiger partial charge in [0.2, 0.25) is 0 Å². The minimum Gasteiger partial charge on any atom is -0.394 e. The zero-order valence-electron chi connectivity index (χ0n) is 8.25. The summed E-state index contributed by atoms with van der Waals surface area (Å²) in [6.07, 6.45) is 2.10. The van der Waals surface area contributed by atoms with E-state index < -0.39 is 0 Å². The molecule has 80 valence electrons. The van der Waals surface area contributed by atoms with Crippen LogP contribution in [-0.2, 0) is 0 Å². The van der Waals surface area contributed by atoms with Gasteiger partial charge in [0.25, 0.3) is 0 Å². The predicted octanol–water partition coefficient (Wildman–Crippen LogP) is -0.874. The number of carbonyl (C=O) groups is 1. The second kappa shape index (κ2) is 3.74. The molecular weight excluding hydrogens is 182 g/mol. The van der Waals surface area contributed by atoms with Gasteiger partial charge in [0.1, 0.15) is 0 Å². The maximum atomic E-state index is 11.2. The first-order chi connectivity index (χ1) is 6.76. The summed E-state index contributed by atoms with van der Waals surface area (Å²) in [7, 11) is 0. The highest BCUT2D eigenvalue weighted by atomic mass is 16.3. The lowest BCUT2D eigenvalue weighted by Crippen LogP contribution is -2.41. The van der Waals surface area contributed by atoms with Crippen molar-refractivity contribution in [2.45, 2.75) is 18.4 Å². The summed E-state index contributed by atoms with van der Waals surface area (Å²) >= 11 is 0. The van der Waals surface area contributed by atoms with E-state index in [1.807, 2.05) is 0 Å². The van der Waals surface area contributed by atoms with E-state index in [0.717, 1.165) is 39.0 Å². The molecule has 14 heavy (non-hydrogen) atoms. The summed E-state index contributed by atoms with van der Waals surface area (Å²) < 4.78 is 0. The molecule has 2 amide bonds. The van der Waals surface area contributed by atoms with Crippen LogP contribution < -0.4 is 10.6 Å². The lowest BCUT2D eigenvalue weighted by atomic mass is 10.3. The molecule has 1 heterocycles. The van der Waals surface area contributed by atoms with E-state index in [2.05, 4.69) is 10.6 Å². The zero-order valence-corrected chi connectivity index (χ0v) is 8.25. The van der Waals surface area contributed by atoms with Crippen molar-refractivity contribution in [1.82, 2.24) is 15.5 Å². The summed E-state index contributed by atoms with van der Waals surface area (Å²) in [6, 6.07) is 0.0284. The van der Waals surface area contributed by atoms with Gasteiger partial charge < -0.3 is 20.6 Å². The van der Waals surface area contributed by atoms with E-state index in [4.69, 9.17) is 5.11 Å². The molecule has 1 saturated carbocycles. The molecule has 0 unspecified atom stereocenters. The normalized spacial score (nSPS) is 23.8. The number of hydrogen-bond acceptors (Lipinski definition) is 3. The zero-order chi connectivity index (χ0) is 10.0. The van der Waals surface area contributed by atoms with Crippen molar-refractivity contribution in [3.05, 3.63) is 0 Å². The molecule has 1 aliphatic heterocycles. The van der Waals surface area contributed by atoms with Crippen molar-refractivity contribution in [3.63, 3.8) is 0 Å². The lowest BCUT2D eigenvalue weighted by molar-refractivity contribution is 0.209. The highest BCUT2D eigenvalue weighted by Gasteiger charge is 2.41. The van der Waals surface area contributed by atoms with Gasteiger partial charge >= 0.3 is 6.03 Å². The smallest absolute Gasteiger partial charge is 0.317 e. The Hall–Kier alpha value is -0.810. The lowest BCUT2D eigenvalue weighted by Gasteiger charge is -2.18. The quantitative estimate of drug-likeness (QED) is 0.539. The average molecular weight is 199 g/mol. The van der Waals surface area contributed by atoms with Gasteiger partial charge in [-0.25, -0.2) is 4.79 Å². The Morgan fingerprint density at radius 1 is 1.57 bits per heavy atom. The van der Waals surface area contributed by atoms with Crippen LogP contribution in [0.25, 0.3) is 0 Å². The minimum absolute atomic E-state index is 0.0177. The SMILES string of the molecule is O=C1NCCN1CCNC1(CO)CC1. The van der Waals surface area contributed by atoms with Crippen LogP contribution in [0, 0.1) is 0 Å². The summed E-state index contributed by atoms with van der Waals surface area (Å²) in [5.74, 6) is 0. The molecule has 2 fully saturated rings. The third-order valence-electron chi connectivity index (χ3n) is 2.98. The third kappa shape index (κ3) is 1.99. The number of urea groups is 1. The van der Waals surface area contributed by atoms with Crippen molar-refractivity contribution in [2.75, 3.05) is 32.8 Å². The predicted molar refractivity (Wildman–Crippen MR) is 52.0 cm³/mol. The highest BCUT2D eigenvalue weighted by Crippen LogP contribution is 2.34. The minimum atomic E-state index is -0.0177. The standard InChI is InChI=1S/C9H17N3O2/c13-7-9(1-2-9)11-4-6-12-5-3-10-8(12)14/h11,13H,1-7H2,(H,10,14). The van der Waals surface area contributed by atoms with Gasteiger partial charge in [-0.3, -0.25) is 0 Å². The maximum Gasteiger partial charge on any atom is 0.317 e. The number of nitrogens with one attached hydrogen (secondary N) is 2. The molecule has 0 radical (unpaired) electrons. The van der Waals surface area contributed by atoms with Crippen LogP contribution in [0.3, 0.4) is 0 Å². The summed E-state index contributed by atoms with van der Waals surface area (Å²) in [4.78, 5) is 12.9. The fourth-order valence-electron chi connectivity index (χ4n) is 1.72.